The van der Waals surface area contributed by atoms with Gasteiger partial charge in [-0.25, -0.2) is 0 Å². The smallest absolute Gasteiger partial charge is 0.0710 e. The Morgan fingerprint density at radius 2 is 2.25 bits per heavy atom. The zero-order chi connectivity index (χ0) is 11.4. The molecule has 0 aliphatic carbocycles. The van der Waals surface area contributed by atoms with Crippen LogP contribution in [-0.2, 0) is 4.74 Å². The molecule has 0 spiro atoms. The monoisotopic (exact) mass is 226 g/mol. The summed E-state index contributed by atoms with van der Waals surface area (Å²) in [5.41, 5.74) is 0. The van der Waals surface area contributed by atoms with E-state index < -0.39 is 0 Å². The maximum absolute atomic E-state index is 5.42. The Bertz CT molecular complexity index is 204. The number of nitrogens with one attached hydrogen (secondary N) is 1. The number of hydrogen-bond acceptors (Lipinski definition) is 3. The largest absolute Gasteiger partial charge is 0.380 e. The van der Waals surface area contributed by atoms with Gasteiger partial charge in [0.1, 0.15) is 0 Å². The Labute approximate surface area is 99.5 Å². The van der Waals surface area contributed by atoms with Gasteiger partial charge in [0.2, 0.25) is 0 Å². The van der Waals surface area contributed by atoms with Gasteiger partial charge in [0.05, 0.1) is 6.10 Å². The van der Waals surface area contributed by atoms with E-state index in [0.29, 0.717) is 12.1 Å². The van der Waals surface area contributed by atoms with E-state index >= 15 is 0 Å². The molecular formula is C13H26N2O. The van der Waals surface area contributed by atoms with Gasteiger partial charge in [0.15, 0.2) is 0 Å². The van der Waals surface area contributed by atoms with Crippen LogP contribution in [0.4, 0.5) is 0 Å². The van der Waals surface area contributed by atoms with E-state index in [9.17, 15) is 0 Å². The molecule has 3 atom stereocenters. The van der Waals surface area contributed by atoms with Crippen molar-refractivity contribution in [1.29, 1.82) is 0 Å². The van der Waals surface area contributed by atoms with Gasteiger partial charge in [-0.1, -0.05) is 6.42 Å². The molecule has 2 heterocycles. The molecule has 0 aromatic carbocycles. The molecular weight excluding hydrogens is 200 g/mol. The number of methoxy groups -OCH3 is 1. The quantitative estimate of drug-likeness (QED) is 0.788. The molecule has 3 nitrogen and oxygen atoms in total. The molecule has 2 rings (SSSR count). The molecule has 3 heteroatoms. The van der Waals surface area contributed by atoms with Gasteiger partial charge in [-0.2, -0.15) is 0 Å². The van der Waals surface area contributed by atoms with Crippen LogP contribution in [0, 0.1) is 0 Å². The number of hydrogen-bond donors (Lipinski definition) is 1. The number of nitrogens with zero attached hydrogens (tertiary/aromatic N) is 1. The van der Waals surface area contributed by atoms with E-state index in [2.05, 4.69) is 17.1 Å². The first-order valence-corrected chi connectivity index (χ1v) is 6.80. The van der Waals surface area contributed by atoms with Crippen LogP contribution in [0.25, 0.3) is 0 Å². The van der Waals surface area contributed by atoms with Crippen molar-refractivity contribution in [2.75, 3.05) is 26.7 Å². The highest BCUT2D eigenvalue weighted by Gasteiger charge is 2.27. The molecule has 0 bridgehead atoms. The predicted molar refractivity (Wildman–Crippen MR) is 66.7 cm³/mol. The van der Waals surface area contributed by atoms with Crippen LogP contribution in [0.1, 0.15) is 39.0 Å². The van der Waals surface area contributed by atoms with Gasteiger partial charge in [-0.15, -0.1) is 0 Å². The average Bonchev–Trinajstić information content (AvgIpc) is 2.79. The van der Waals surface area contributed by atoms with Crippen LogP contribution in [0.5, 0.6) is 0 Å². The van der Waals surface area contributed by atoms with Gasteiger partial charge in [-0.3, -0.25) is 4.90 Å². The number of rotatable bonds is 4. The third-order valence-electron chi connectivity index (χ3n) is 4.17. The molecule has 2 aliphatic heterocycles. The summed E-state index contributed by atoms with van der Waals surface area (Å²) >= 11 is 0. The lowest BCUT2D eigenvalue weighted by molar-refractivity contribution is 0.0997. The third kappa shape index (κ3) is 3.19. The van der Waals surface area contributed by atoms with Gasteiger partial charge >= 0.3 is 0 Å². The van der Waals surface area contributed by atoms with Crippen molar-refractivity contribution in [2.24, 2.45) is 0 Å². The van der Waals surface area contributed by atoms with Crippen molar-refractivity contribution in [2.45, 2.75) is 57.2 Å². The van der Waals surface area contributed by atoms with Crippen molar-refractivity contribution in [1.82, 2.24) is 10.2 Å². The molecule has 3 unspecified atom stereocenters. The van der Waals surface area contributed by atoms with Crippen LogP contribution < -0.4 is 5.32 Å². The number of piperidine rings is 1. The van der Waals surface area contributed by atoms with E-state index in [4.69, 9.17) is 4.74 Å². The molecule has 0 radical (unpaired) electrons. The Hall–Kier alpha value is -0.120. The van der Waals surface area contributed by atoms with Gasteiger partial charge in [0, 0.05) is 32.3 Å². The van der Waals surface area contributed by atoms with Gasteiger partial charge in [-0.05, 0) is 39.2 Å². The van der Waals surface area contributed by atoms with Crippen molar-refractivity contribution in [3.05, 3.63) is 0 Å². The van der Waals surface area contributed by atoms with Crippen molar-refractivity contribution < 1.29 is 4.74 Å². The predicted octanol–water partition coefficient (Wildman–Crippen LogP) is 1.63. The second-order valence-electron chi connectivity index (χ2n) is 5.37. The van der Waals surface area contributed by atoms with Crippen LogP contribution in [-0.4, -0.2) is 49.8 Å². The van der Waals surface area contributed by atoms with Crippen LogP contribution in [0.15, 0.2) is 0 Å². The molecule has 2 aliphatic rings. The van der Waals surface area contributed by atoms with Crippen molar-refractivity contribution >= 4 is 0 Å². The molecule has 16 heavy (non-hydrogen) atoms. The topological polar surface area (TPSA) is 24.5 Å². The molecule has 2 fully saturated rings. The lowest BCUT2D eigenvalue weighted by Gasteiger charge is -2.30. The number of ether oxygens (including phenoxy) is 1. The SMILES string of the molecule is COC1CCN(C(C)CC2CCCCN2)C1. The first-order chi connectivity index (χ1) is 7.79. The average molecular weight is 226 g/mol. The minimum Gasteiger partial charge on any atom is -0.380 e. The van der Waals surface area contributed by atoms with E-state index in [1.165, 1.54) is 45.2 Å². The molecule has 94 valence electrons. The summed E-state index contributed by atoms with van der Waals surface area (Å²) in [5.74, 6) is 0. The van der Waals surface area contributed by atoms with Crippen molar-refractivity contribution in [3.63, 3.8) is 0 Å². The molecule has 0 aromatic rings. The van der Waals surface area contributed by atoms with Gasteiger partial charge < -0.3 is 10.1 Å². The summed E-state index contributed by atoms with van der Waals surface area (Å²) in [6.07, 6.45) is 7.12. The first-order valence-electron chi connectivity index (χ1n) is 6.80. The highest BCUT2D eigenvalue weighted by Crippen LogP contribution is 2.20. The zero-order valence-electron chi connectivity index (χ0n) is 10.7. The Balaban J connectivity index is 1.72. The lowest BCUT2D eigenvalue weighted by atomic mass is 9.98. The highest BCUT2D eigenvalue weighted by molar-refractivity contribution is 4.83. The molecule has 0 saturated carbocycles. The zero-order valence-corrected chi connectivity index (χ0v) is 10.7. The molecule has 0 amide bonds. The second kappa shape index (κ2) is 5.99. The summed E-state index contributed by atoms with van der Waals surface area (Å²) in [6, 6.07) is 1.46. The summed E-state index contributed by atoms with van der Waals surface area (Å²) < 4.78 is 5.42. The number of likely N-dealkylation sites (tertiary alicyclic amines) is 1. The maximum atomic E-state index is 5.42. The van der Waals surface area contributed by atoms with E-state index in [1.807, 2.05) is 7.11 Å². The van der Waals surface area contributed by atoms with Crippen LogP contribution in [0.3, 0.4) is 0 Å². The molecule has 2 saturated heterocycles. The normalized spacial score (nSPS) is 34.1. The summed E-state index contributed by atoms with van der Waals surface area (Å²) in [4.78, 5) is 2.59. The first kappa shape index (κ1) is 12.3. The summed E-state index contributed by atoms with van der Waals surface area (Å²) in [5, 5.41) is 3.64. The van der Waals surface area contributed by atoms with E-state index in [0.717, 1.165) is 12.6 Å². The fourth-order valence-corrected chi connectivity index (χ4v) is 3.03. The minimum absolute atomic E-state index is 0.474. The fraction of sp³-hybridized carbons (Fsp3) is 1.00. The standard InChI is InChI=1S/C13H26N2O/c1-11(9-12-5-3-4-7-14-12)15-8-6-13(10-15)16-2/h11-14H,3-10H2,1-2H3. The van der Waals surface area contributed by atoms with Crippen LogP contribution in [0.2, 0.25) is 0 Å². The second-order valence-corrected chi connectivity index (χ2v) is 5.37. The lowest BCUT2D eigenvalue weighted by Crippen LogP contribution is -2.41. The third-order valence-corrected chi connectivity index (χ3v) is 4.17. The minimum atomic E-state index is 0.474. The van der Waals surface area contributed by atoms with E-state index in [1.54, 1.807) is 0 Å². The Morgan fingerprint density at radius 3 is 2.88 bits per heavy atom. The van der Waals surface area contributed by atoms with Gasteiger partial charge in [0.25, 0.3) is 0 Å². The molecule has 0 aromatic heterocycles. The Morgan fingerprint density at radius 1 is 1.38 bits per heavy atom. The Kier molecular flexibility index (Phi) is 4.62. The van der Waals surface area contributed by atoms with E-state index in [-0.39, 0.29) is 0 Å². The summed E-state index contributed by atoms with van der Waals surface area (Å²) in [6.45, 7) is 5.93. The van der Waals surface area contributed by atoms with Crippen molar-refractivity contribution in [3.8, 4) is 0 Å². The van der Waals surface area contributed by atoms with Crippen LogP contribution >= 0.6 is 0 Å². The maximum Gasteiger partial charge on any atom is 0.0710 e. The summed E-state index contributed by atoms with van der Waals surface area (Å²) in [7, 11) is 1.83. The highest BCUT2D eigenvalue weighted by atomic mass is 16.5. The molecule has 1 N–H and O–H groups in total. The fourth-order valence-electron chi connectivity index (χ4n) is 3.03.